The Bertz CT molecular complexity index is 358. The summed E-state index contributed by atoms with van der Waals surface area (Å²) in [6, 6.07) is 1.07. The molecule has 134 valence electrons. The molecule has 0 radical (unpaired) electrons. The van der Waals surface area contributed by atoms with Crippen LogP contribution in [0, 0.1) is 11.8 Å². The van der Waals surface area contributed by atoms with Crippen LogP contribution in [0.5, 0.6) is 0 Å². The van der Waals surface area contributed by atoms with Gasteiger partial charge in [-0.05, 0) is 43.9 Å². The molecule has 23 heavy (non-hydrogen) atoms. The number of urea groups is 1. The first-order valence-corrected chi connectivity index (χ1v) is 9.91. The average Bonchev–Trinajstić information content (AvgIpc) is 3.03. The van der Waals surface area contributed by atoms with E-state index >= 15 is 0 Å². The quantitative estimate of drug-likeness (QED) is 0.736. The van der Waals surface area contributed by atoms with Gasteiger partial charge in [0.25, 0.3) is 0 Å². The molecule has 0 aromatic heterocycles. The zero-order valence-corrected chi connectivity index (χ0v) is 15.8. The molecule has 2 saturated heterocycles. The number of amides is 2. The molecule has 1 aliphatic carbocycles. The Kier molecular flexibility index (Phi) is 7.19. The maximum atomic E-state index is 12.5. The molecule has 3 rings (SSSR count). The van der Waals surface area contributed by atoms with Crippen LogP contribution in [0.3, 0.4) is 0 Å². The van der Waals surface area contributed by atoms with Crippen LogP contribution in [-0.4, -0.2) is 66.0 Å². The minimum atomic E-state index is 0.288. The van der Waals surface area contributed by atoms with Gasteiger partial charge >= 0.3 is 6.03 Å². The summed E-state index contributed by atoms with van der Waals surface area (Å²) in [5, 5.41) is 0. The van der Waals surface area contributed by atoms with Crippen LogP contribution in [0.25, 0.3) is 0 Å². The fraction of sp³-hybridized carbons (Fsp3) is 0.947. The van der Waals surface area contributed by atoms with Crippen molar-refractivity contribution in [2.24, 2.45) is 11.8 Å². The first-order valence-electron chi connectivity index (χ1n) is 9.91. The summed E-state index contributed by atoms with van der Waals surface area (Å²) in [7, 11) is 0. The topological polar surface area (TPSA) is 26.8 Å². The molecular formula is C19H37N3O. The molecule has 1 saturated carbocycles. The molecule has 4 nitrogen and oxygen atoms in total. The van der Waals surface area contributed by atoms with Crippen molar-refractivity contribution in [1.82, 2.24) is 14.7 Å². The van der Waals surface area contributed by atoms with Crippen molar-refractivity contribution in [3.05, 3.63) is 0 Å². The molecule has 2 amide bonds. The molecule has 2 heterocycles. The van der Waals surface area contributed by atoms with Crippen molar-refractivity contribution in [1.29, 1.82) is 0 Å². The van der Waals surface area contributed by atoms with E-state index in [0.29, 0.717) is 5.92 Å². The molecule has 0 spiro atoms. The molecule has 2 aliphatic heterocycles. The number of nitrogens with zero attached hydrogens (tertiary/aromatic N) is 3. The fourth-order valence-electron chi connectivity index (χ4n) is 4.19. The fourth-order valence-corrected chi connectivity index (χ4v) is 4.19. The molecule has 0 bridgehead atoms. The van der Waals surface area contributed by atoms with Crippen LogP contribution in [0.1, 0.15) is 59.8 Å². The lowest BCUT2D eigenvalue weighted by atomic mass is 9.86. The van der Waals surface area contributed by atoms with E-state index in [1.54, 1.807) is 0 Å². The van der Waals surface area contributed by atoms with Crippen LogP contribution >= 0.6 is 0 Å². The molecule has 0 aromatic carbocycles. The Morgan fingerprint density at radius 1 is 0.739 bits per heavy atom. The number of likely N-dealkylation sites (tertiary alicyclic amines) is 1. The lowest BCUT2D eigenvalue weighted by Crippen LogP contribution is -2.55. The Labute approximate surface area is 143 Å². The zero-order chi connectivity index (χ0) is 16.8. The van der Waals surface area contributed by atoms with Crippen molar-refractivity contribution < 1.29 is 4.79 Å². The van der Waals surface area contributed by atoms with Gasteiger partial charge in [0.15, 0.2) is 0 Å². The van der Waals surface area contributed by atoms with Crippen LogP contribution < -0.4 is 0 Å². The molecule has 1 atom stereocenters. The van der Waals surface area contributed by atoms with Crippen molar-refractivity contribution in [3.8, 4) is 0 Å². The minimum absolute atomic E-state index is 0.288. The van der Waals surface area contributed by atoms with Gasteiger partial charge in [-0.3, -0.25) is 4.90 Å². The minimum Gasteiger partial charge on any atom is -0.324 e. The number of carbonyl (C=O) groups is 1. The summed E-state index contributed by atoms with van der Waals surface area (Å²) in [4.78, 5) is 19.3. The van der Waals surface area contributed by atoms with E-state index in [-0.39, 0.29) is 6.03 Å². The van der Waals surface area contributed by atoms with Crippen LogP contribution in [0.2, 0.25) is 0 Å². The van der Waals surface area contributed by atoms with Crippen LogP contribution in [0.4, 0.5) is 4.79 Å². The van der Waals surface area contributed by atoms with E-state index in [4.69, 9.17) is 0 Å². The number of hydrogen-bond donors (Lipinski definition) is 0. The van der Waals surface area contributed by atoms with Gasteiger partial charge in [0, 0.05) is 45.3 Å². The van der Waals surface area contributed by atoms with E-state index in [1.807, 2.05) is 13.8 Å². The Balaban J connectivity index is 0.000000924. The summed E-state index contributed by atoms with van der Waals surface area (Å²) < 4.78 is 0. The monoisotopic (exact) mass is 323 g/mol. The molecule has 0 unspecified atom stereocenters. The standard InChI is InChI=1S/C17H31N3O.C2H6/c1-14-3-5-16(6-4-14)18-9-11-19(12-10-18)17(21)20-8-7-15(2)13-20;1-2/h14-16H,3-13H2,1-2H3;1-2H3/t14?,15-,16?;/m1./s1. The smallest absolute Gasteiger partial charge is 0.320 e. The van der Waals surface area contributed by atoms with Gasteiger partial charge < -0.3 is 9.80 Å². The van der Waals surface area contributed by atoms with Gasteiger partial charge in [-0.1, -0.05) is 27.7 Å². The summed E-state index contributed by atoms with van der Waals surface area (Å²) in [6.45, 7) is 14.5. The molecule has 4 heteroatoms. The highest BCUT2D eigenvalue weighted by atomic mass is 16.2. The van der Waals surface area contributed by atoms with Gasteiger partial charge in [0.05, 0.1) is 0 Å². The molecule has 3 fully saturated rings. The Hall–Kier alpha value is -0.770. The molecular weight excluding hydrogens is 286 g/mol. The first-order chi connectivity index (χ1) is 11.1. The summed E-state index contributed by atoms with van der Waals surface area (Å²) >= 11 is 0. The summed E-state index contributed by atoms with van der Waals surface area (Å²) in [5.41, 5.74) is 0. The van der Waals surface area contributed by atoms with Crippen LogP contribution in [0.15, 0.2) is 0 Å². The third-order valence-electron chi connectivity index (χ3n) is 5.78. The predicted molar refractivity (Wildman–Crippen MR) is 96.7 cm³/mol. The van der Waals surface area contributed by atoms with Crippen molar-refractivity contribution in [2.45, 2.75) is 65.8 Å². The maximum absolute atomic E-state index is 12.5. The maximum Gasteiger partial charge on any atom is 0.320 e. The zero-order valence-electron chi connectivity index (χ0n) is 15.8. The average molecular weight is 324 g/mol. The second kappa shape index (κ2) is 8.91. The third-order valence-corrected chi connectivity index (χ3v) is 5.78. The van der Waals surface area contributed by atoms with E-state index in [0.717, 1.165) is 51.2 Å². The third kappa shape index (κ3) is 4.85. The summed E-state index contributed by atoms with van der Waals surface area (Å²) in [6.07, 6.45) is 6.66. The van der Waals surface area contributed by atoms with E-state index in [9.17, 15) is 4.79 Å². The highest BCUT2D eigenvalue weighted by Crippen LogP contribution is 2.28. The number of piperazine rings is 1. The first kappa shape index (κ1) is 18.6. The predicted octanol–water partition coefficient (Wildman–Crippen LogP) is 3.67. The lowest BCUT2D eigenvalue weighted by Gasteiger charge is -2.42. The van der Waals surface area contributed by atoms with Gasteiger partial charge in [0.2, 0.25) is 0 Å². The SMILES string of the molecule is CC.CC1CCC(N2CCN(C(=O)N3CC[C@@H](C)C3)CC2)CC1. The molecule has 0 aromatic rings. The number of hydrogen-bond acceptors (Lipinski definition) is 2. The summed E-state index contributed by atoms with van der Waals surface area (Å²) in [5.74, 6) is 1.60. The second-order valence-corrected chi connectivity index (χ2v) is 7.56. The van der Waals surface area contributed by atoms with Crippen molar-refractivity contribution >= 4 is 6.03 Å². The van der Waals surface area contributed by atoms with Gasteiger partial charge in [-0.2, -0.15) is 0 Å². The van der Waals surface area contributed by atoms with Crippen molar-refractivity contribution in [3.63, 3.8) is 0 Å². The highest BCUT2D eigenvalue weighted by molar-refractivity contribution is 5.74. The number of rotatable bonds is 1. The molecule has 0 N–H and O–H groups in total. The molecule has 3 aliphatic rings. The second-order valence-electron chi connectivity index (χ2n) is 7.56. The van der Waals surface area contributed by atoms with Crippen molar-refractivity contribution in [2.75, 3.05) is 39.3 Å². The normalized spacial score (nSPS) is 32.4. The lowest BCUT2D eigenvalue weighted by molar-refractivity contribution is 0.0743. The largest absolute Gasteiger partial charge is 0.324 e. The Morgan fingerprint density at radius 3 is 1.87 bits per heavy atom. The van der Waals surface area contributed by atoms with Gasteiger partial charge in [-0.15, -0.1) is 0 Å². The van der Waals surface area contributed by atoms with Gasteiger partial charge in [-0.25, -0.2) is 4.79 Å². The van der Waals surface area contributed by atoms with Crippen LogP contribution in [-0.2, 0) is 0 Å². The van der Waals surface area contributed by atoms with E-state index in [1.165, 1.54) is 32.1 Å². The number of carbonyl (C=O) groups excluding carboxylic acids is 1. The highest BCUT2D eigenvalue weighted by Gasteiger charge is 2.31. The van der Waals surface area contributed by atoms with E-state index < -0.39 is 0 Å². The van der Waals surface area contributed by atoms with Gasteiger partial charge in [0.1, 0.15) is 0 Å². The van der Waals surface area contributed by atoms with E-state index in [2.05, 4.69) is 28.5 Å². The Morgan fingerprint density at radius 2 is 1.35 bits per heavy atom.